The predicted octanol–water partition coefficient (Wildman–Crippen LogP) is 0.272. The quantitative estimate of drug-likeness (QED) is 0.712. The van der Waals surface area contributed by atoms with Gasteiger partial charge in [-0.15, -0.1) is 0 Å². The van der Waals surface area contributed by atoms with Crippen LogP contribution >= 0.6 is 0 Å². The summed E-state index contributed by atoms with van der Waals surface area (Å²) in [6, 6.07) is 4.95. The minimum absolute atomic E-state index is 0.127. The molecule has 0 radical (unpaired) electrons. The second-order valence-corrected chi connectivity index (χ2v) is 8.37. The van der Waals surface area contributed by atoms with Gasteiger partial charge in [0.15, 0.2) is 0 Å². The van der Waals surface area contributed by atoms with Gasteiger partial charge in [-0.05, 0) is 49.9 Å². The van der Waals surface area contributed by atoms with E-state index in [1.165, 1.54) is 6.42 Å². The lowest BCUT2D eigenvalue weighted by molar-refractivity contribution is -0.136. The molecule has 0 aromatic heterocycles. The van der Waals surface area contributed by atoms with Crippen LogP contribution in [0.25, 0.3) is 0 Å². The minimum Gasteiger partial charge on any atom is -0.317 e. The molecule has 4 aliphatic rings. The number of likely N-dealkylation sites (tertiary alicyclic amines) is 1. The summed E-state index contributed by atoms with van der Waals surface area (Å²) < 4.78 is 0. The normalized spacial score (nSPS) is 29.8. The number of rotatable bonds is 3. The van der Waals surface area contributed by atoms with Crippen LogP contribution < -0.4 is 10.6 Å². The monoisotopic (exact) mass is 396 g/mol. The van der Waals surface area contributed by atoms with Gasteiger partial charge in [0, 0.05) is 25.6 Å². The summed E-state index contributed by atoms with van der Waals surface area (Å²) in [6.07, 6.45) is 2.57. The van der Waals surface area contributed by atoms with Crippen molar-refractivity contribution in [2.24, 2.45) is 5.92 Å². The summed E-state index contributed by atoms with van der Waals surface area (Å²) in [6.45, 7) is 3.70. The van der Waals surface area contributed by atoms with Gasteiger partial charge in [-0.3, -0.25) is 34.3 Å². The van der Waals surface area contributed by atoms with Gasteiger partial charge < -0.3 is 5.32 Å². The summed E-state index contributed by atoms with van der Waals surface area (Å²) >= 11 is 0. The van der Waals surface area contributed by atoms with E-state index in [9.17, 15) is 19.2 Å². The summed E-state index contributed by atoms with van der Waals surface area (Å²) in [4.78, 5) is 53.3. The summed E-state index contributed by atoms with van der Waals surface area (Å²) in [5.41, 5.74) is 1.61. The second-order valence-electron chi connectivity index (χ2n) is 8.37. The largest absolute Gasteiger partial charge is 0.317 e. The minimum atomic E-state index is -0.922. The molecular formula is C21H24N4O4. The number of carbonyl (C=O) groups excluding carboxylic acids is 4. The van der Waals surface area contributed by atoms with Crippen molar-refractivity contribution < 1.29 is 19.2 Å². The van der Waals surface area contributed by atoms with Gasteiger partial charge in [-0.25, -0.2) is 0 Å². The Balaban J connectivity index is 1.39. The maximum absolute atomic E-state index is 13.2. The van der Waals surface area contributed by atoms with Crippen LogP contribution in [-0.2, 0) is 16.1 Å². The van der Waals surface area contributed by atoms with Gasteiger partial charge in [-0.1, -0.05) is 12.1 Å². The summed E-state index contributed by atoms with van der Waals surface area (Å²) in [7, 11) is 0. The first-order valence-electron chi connectivity index (χ1n) is 10.3. The SMILES string of the molecule is O=C1CCC(N2C(=O)c3cccc(CN4C[C@H]5CCNCC[C@H]54)c3C2=O)C(=O)N1. The van der Waals surface area contributed by atoms with Crippen LogP contribution in [0.15, 0.2) is 18.2 Å². The lowest BCUT2D eigenvalue weighted by Crippen LogP contribution is -2.55. The van der Waals surface area contributed by atoms with E-state index in [-0.39, 0.29) is 18.7 Å². The zero-order chi connectivity index (χ0) is 20.1. The first-order valence-corrected chi connectivity index (χ1v) is 10.3. The smallest absolute Gasteiger partial charge is 0.262 e. The van der Waals surface area contributed by atoms with Gasteiger partial charge in [0.2, 0.25) is 11.8 Å². The van der Waals surface area contributed by atoms with Crippen LogP contribution in [0.2, 0.25) is 0 Å². The number of piperidine rings is 1. The van der Waals surface area contributed by atoms with Crippen LogP contribution in [-0.4, -0.2) is 65.1 Å². The molecule has 0 saturated carbocycles. The molecule has 1 unspecified atom stereocenters. The third kappa shape index (κ3) is 2.98. The van der Waals surface area contributed by atoms with E-state index >= 15 is 0 Å². The van der Waals surface area contributed by atoms with Crippen molar-refractivity contribution in [3.05, 3.63) is 34.9 Å². The molecule has 8 nitrogen and oxygen atoms in total. The Morgan fingerprint density at radius 3 is 2.66 bits per heavy atom. The lowest BCUT2D eigenvalue weighted by atomic mass is 9.84. The van der Waals surface area contributed by atoms with E-state index in [0.717, 1.165) is 36.5 Å². The van der Waals surface area contributed by atoms with Gasteiger partial charge in [0.1, 0.15) is 6.04 Å². The molecule has 4 aliphatic heterocycles. The van der Waals surface area contributed by atoms with Crippen molar-refractivity contribution in [2.75, 3.05) is 19.6 Å². The fourth-order valence-electron chi connectivity index (χ4n) is 5.20. The number of imide groups is 2. The average molecular weight is 396 g/mol. The van der Waals surface area contributed by atoms with Gasteiger partial charge in [0.25, 0.3) is 11.8 Å². The van der Waals surface area contributed by atoms with Crippen molar-refractivity contribution >= 4 is 23.6 Å². The number of nitrogens with zero attached hydrogens (tertiary/aromatic N) is 2. The van der Waals surface area contributed by atoms with Crippen LogP contribution in [0.5, 0.6) is 0 Å². The topological polar surface area (TPSA) is 98.8 Å². The average Bonchev–Trinajstić information content (AvgIpc) is 2.82. The van der Waals surface area contributed by atoms with Crippen molar-refractivity contribution in [1.82, 2.24) is 20.4 Å². The van der Waals surface area contributed by atoms with E-state index in [1.54, 1.807) is 12.1 Å². The fourth-order valence-corrected chi connectivity index (χ4v) is 5.20. The molecule has 4 amide bonds. The van der Waals surface area contributed by atoms with Crippen LogP contribution in [0, 0.1) is 5.92 Å². The number of fused-ring (bicyclic) bond motifs is 2. The first kappa shape index (κ1) is 18.4. The molecule has 0 aliphatic carbocycles. The Labute approximate surface area is 168 Å². The van der Waals surface area contributed by atoms with Crippen LogP contribution in [0.1, 0.15) is 52.0 Å². The molecule has 3 fully saturated rings. The van der Waals surface area contributed by atoms with Crippen molar-refractivity contribution in [2.45, 2.75) is 44.3 Å². The second kappa shape index (κ2) is 7.03. The zero-order valence-corrected chi connectivity index (χ0v) is 16.1. The molecule has 29 heavy (non-hydrogen) atoms. The van der Waals surface area contributed by atoms with Gasteiger partial charge in [-0.2, -0.15) is 0 Å². The zero-order valence-electron chi connectivity index (χ0n) is 16.1. The number of amides is 4. The summed E-state index contributed by atoms with van der Waals surface area (Å²) in [5, 5.41) is 5.68. The predicted molar refractivity (Wildman–Crippen MR) is 103 cm³/mol. The number of hydrogen-bond acceptors (Lipinski definition) is 6. The maximum atomic E-state index is 13.2. The molecule has 3 atom stereocenters. The highest BCUT2D eigenvalue weighted by atomic mass is 16.2. The maximum Gasteiger partial charge on any atom is 0.262 e. The first-order chi connectivity index (χ1) is 14.0. The van der Waals surface area contributed by atoms with Gasteiger partial charge in [0.05, 0.1) is 11.1 Å². The van der Waals surface area contributed by atoms with Crippen molar-refractivity contribution in [3.63, 3.8) is 0 Å². The highest BCUT2D eigenvalue weighted by Crippen LogP contribution is 2.35. The van der Waals surface area contributed by atoms with E-state index in [0.29, 0.717) is 29.6 Å². The third-order valence-electron chi connectivity index (χ3n) is 6.72. The van der Waals surface area contributed by atoms with E-state index in [1.807, 2.05) is 6.07 Å². The Kier molecular flexibility index (Phi) is 4.48. The molecule has 0 spiro atoms. The highest BCUT2D eigenvalue weighted by Gasteiger charge is 2.46. The van der Waals surface area contributed by atoms with Crippen LogP contribution in [0.4, 0.5) is 0 Å². The number of hydrogen-bond donors (Lipinski definition) is 2. The molecule has 2 N–H and O–H groups in total. The van der Waals surface area contributed by atoms with Crippen molar-refractivity contribution in [3.8, 4) is 0 Å². The highest BCUT2D eigenvalue weighted by molar-refractivity contribution is 6.24. The molecule has 152 valence electrons. The standard InChI is InChI=1S/C21H24N4O4/c26-17-5-4-16(19(27)23-17)25-20(28)14-3-1-2-13(18(14)21(25)29)11-24-10-12-6-8-22-9-7-15(12)24/h1-3,12,15-16,22H,4-11H2,(H,23,26,27)/t12-,15-,16?/m1/s1. The molecular weight excluding hydrogens is 372 g/mol. The molecule has 8 heteroatoms. The Hall–Kier alpha value is -2.58. The summed E-state index contributed by atoms with van der Waals surface area (Å²) in [5.74, 6) is -1.11. The fraction of sp³-hybridized carbons (Fsp3) is 0.524. The lowest BCUT2D eigenvalue weighted by Gasteiger charge is -2.48. The van der Waals surface area contributed by atoms with Gasteiger partial charge >= 0.3 is 0 Å². The number of benzene rings is 1. The number of carbonyl (C=O) groups is 4. The van der Waals surface area contributed by atoms with E-state index < -0.39 is 23.8 Å². The molecule has 0 bridgehead atoms. The molecule has 3 saturated heterocycles. The Bertz CT molecular complexity index is 914. The van der Waals surface area contributed by atoms with E-state index in [4.69, 9.17) is 0 Å². The third-order valence-corrected chi connectivity index (χ3v) is 6.72. The molecule has 1 aromatic rings. The van der Waals surface area contributed by atoms with Crippen molar-refractivity contribution in [1.29, 1.82) is 0 Å². The van der Waals surface area contributed by atoms with E-state index in [2.05, 4.69) is 15.5 Å². The van der Waals surface area contributed by atoms with Crippen LogP contribution in [0.3, 0.4) is 0 Å². The Morgan fingerprint density at radius 2 is 1.83 bits per heavy atom. The molecule has 1 aromatic carbocycles. The number of nitrogens with one attached hydrogen (secondary N) is 2. The molecule has 5 rings (SSSR count). The Morgan fingerprint density at radius 1 is 1.00 bits per heavy atom. The molecule has 4 heterocycles.